The molecule has 0 spiro atoms. The Hall–Kier alpha value is -9.24. The van der Waals surface area contributed by atoms with Gasteiger partial charge in [0.05, 0.1) is 22.7 Å². The molecule has 12 aromatic rings. The summed E-state index contributed by atoms with van der Waals surface area (Å²) in [5, 5.41) is 9.67. The molecule has 2 heteroatoms. The van der Waals surface area contributed by atoms with Gasteiger partial charge in [-0.25, -0.2) is 0 Å². The summed E-state index contributed by atoms with van der Waals surface area (Å²) in [7, 11) is 0. The van der Waals surface area contributed by atoms with E-state index in [2.05, 4.69) is 277 Å². The molecule has 2 nitrogen and oxygen atoms in total. The summed E-state index contributed by atoms with van der Waals surface area (Å²) in [6.45, 7) is 0. The quantitative estimate of drug-likeness (QED) is 0.159. The highest BCUT2D eigenvalue weighted by atomic mass is 15.2. The first-order valence-electron chi connectivity index (χ1n) is 24.2. The number of nitrogens with zero attached hydrogens (tertiary/aromatic N) is 2. The van der Waals surface area contributed by atoms with Crippen LogP contribution in [0.5, 0.6) is 0 Å². The van der Waals surface area contributed by atoms with Crippen molar-refractivity contribution >= 4 is 102 Å². The first-order valence-corrected chi connectivity index (χ1v) is 24.2. The molecule has 0 aromatic heterocycles. The summed E-state index contributed by atoms with van der Waals surface area (Å²) < 4.78 is 0. The highest BCUT2D eigenvalue weighted by Crippen LogP contribution is 2.52. The van der Waals surface area contributed by atoms with Crippen LogP contribution in [0.1, 0.15) is 22.3 Å². The number of fused-ring (bicyclic) bond motifs is 8. The molecule has 70 heavy (non-hydrogen) atoms. The zero-order valence-electron chi connectivity index (χ0n) is 38.3. The van der Waals surface area contributed by atoms with Crippen LogP contribution in [-0.2, 0) is 0 Å². The Labute approximate surface area is 407 Å². The van der Waals surface area contributed by atoms with E-state index < -0.39 is 0 Å². The highest BCUT2D eigenvalue weighted by molar-refractivity contribution is 6.24. The van der Waals surface area contributed by atoms with Gasteiger partial charge in [0.15, 0.2) is 0 Å². The Morgan fingerprint density at radius 1 is 0.229 bits per heavy atom. The van der Waals surface area contributed by atoms with Crippen LogP contribution in [0.15, 0.2) is 243 Å². The monoisotopic (exact) mass is 888 g/mol. The minimum absolute atomic E-state index is 1.10. The topological polar surface area (TPSA) is 6.48 Å². The molecule has 0 unspecified atom stereocenters. The van der Waals surface area contributed by atoms with E-state index >= 15 is 0 Å². The fourth-order valence-electron chi connectivity index (χ4n) is 11.3. The van der Waals surface area contributed by atoms with Crippen molar-refractivity contribution in [2.24, 2.45) is 0 Å². The van der Waals surface area contributed by atoms with Crippen LogP contribution in [0, 0.1) is 0 Å². The van der Waals surface area contributed by atoms with Gasteiger partial charge in [0.2, 0.25) is 0 Å². The molecule has 2 aliphatic rings. The molecular formula is C68H44N2. The van der Waals surface area contributed by atoms with Gasteiger partial charge in [-0.1, -0.05) is 212 Å². The lowest BCUT2D eigenvalue weighted by atomic mass is 9.82. The largest absolute Gasteiger partial charge is 0.309 e. The van der Waals surface area contributed by atoms with Crippen LogP contribution in [0.2, 0.25) is 0 Å². The Bertz CT molecular complexity index is 4050. The van der Waals surface area contributed by atoms with Crippen LogP contribution in [-0.4, -0.2) is 0 Å². The van der Waals surface area contributed by atoms with E-state index in [1.165, 1.54) is 98.7 Å². The summed E-state index contributed by atoms with van der Waals surface area (Å²) in [5.74, 6) is 0. The van der Waals surface area contributed by atoms with Crippen molar-refractivity contribution in [1.82, 2.24) is 0 Å². The number of benzene rings is 12. The lowest BCUT2D eigenvalue weighted by molar-refractivity contribution is 1.28. The van der Waals surface area contributed by atoms with E-state index in [1.54, 1.807) is 0 Å². The zero-order chi connectivity index (χ0) is 46.1. The van der Waals surface area contributed by atoms with E-state index in [1.807, 2.05) is 0 Å². The summed E-state index contributed by atoms with van der Waals surface area (Å²) in [6.07, 6.45) is 9.00. The standard InChI is InChI=1S/C68H44N2/c1-2-22-51-42-52(37-32-45(51)16-1)67-59-40-38-54(70-65-30-13-6-20-49(65)35-36-50-21-7-14-31-66(50)70)44-62(59)68(58-26-10-9-25-57(58)56-27-15-23-46-17-3-8-24-55(46)56)60-41-39-53(43-61(60)67)69-63-28-11-4-18-47(63)33-34-48-19-5-12-29-64(48)69/h1-44H. The van der Waals surface area contributed by atoms with Crippen molar-refractivity contribution in [2.45, 2.75) is 0 Å². The molecule has 0 radical (unpaired) electrons. The first-order chi connectivity index (χ1) is 34.7. The van der Waals surface area contributed by atoms with Gasteiger partial charge in [-0.05, 0) is 153 Å². The molecule has 0 fully saturated rings. The van der Waals surface area contributed by atoms with Gasteiger partial charge in [0.1, 0.15) is 0 Å². The van der Waals surface area contributed by atoms with Crippen molar-refractivity contribution in [3.63, 3.8) is 0 Å². The Kier molecular flexibility index (Phi) is 9.25. The molecule has 12 aromatic carbocycles. The maximum atomic E-state index is 2.47. The van der Waals surface area contributed by atoms with Crippen molar-refractivity contribution in [3.05, 3.63) is 265 Å². The normalized spacial score (nSPS) is 12.7. The molecule has 14 rings (SSSR count). The number of para-hydroxylation sites is 4. The van der Waals surface area contributed by atoms with Crippen molar-refractivity contribution in [2.75, 3.05) is 9.80 Å². The summed E-state index contributed by atoms with van der Waals surface area (Å²) in [5.41, 5.74) is 18.7. The summed E-state index contributed by atoms with van der Waals surface area (Å²) in [6, 6.07) is 89.7. The second-order valence-corrected chi connectivity index (χ2v) is 18.4. The van der Waals surface area contributed by atoms with Crippen molar-refractivity contribution in [3.8, 4) is 33.4 Å². The number of rotatable bonds is 5. The Morgan fingerprint density at radius 2 is 0.657 bits per heavy atom. The smallest absolute Gasteiger partial charge is 0.0534 e. The van der Waals surface area contributed by atoms with Crippen LogP contribution in [0.3, 0.4) is 0 Å². The molecular weight excluding hydrogens is 845 g/mol. The maximum absolute atomic E-state index is 2.47. The number of anilines is 6. The molecule has 2 heterocycles. The van der Waals surface area contributed by atoms with Gasteiger partial charge in [0.25, 0.3) is 0 Å². The predicted molar refractivity (Wildman–Crippen MR) is 300 cm³/mol. The third-order valence-electron chi connectivity index (χ3n) is 14.5. The third kappa shape index (κ3) is 6.42. The van der Waals surface area contributed by atoms with E-state index in [4.69, 9.17) is 0 Å². The summed E-state index contributed by atoms with van der Waals surface area (Å²) >= 11 is 0. The lowest BCUT2D eigenvalue weighted by Crippen LogP contribution is -2.12. The van der Waals surface area contributed by atoms with E-state index in [0.717, 1.165) is 34.1 Å². The van der Waals surface area contributed by atoms with E-state index in [-0.39, 0.29) is 0 Å². The summed E-state index contributed by atoms with van der Waals surface area (Å²) in [4.78, 5) is 4.91. The molecule has 326 valence electrons. The molecule has 0 atom stereocenters. The molecule has 0 aliphatic carbocycles. The van der Waals surface area contributed by atoms with Gasteiger partial charge in [-0.15, -0.1) is 0 Å². The zero-order valence-corrected chi connectivity index (χ0v) is 38.3. The van der Waals surface area contributed by atoms with E-state index in [0.29, 0.717) is 0 Å². The first kappa shape index (κ1) is 39.9. The van der Waals surface area contributed by atoms with Crippen LogP contribution in [0.25, 0.3) is 101 Å². The minimum atomic E-state index is 1.10. The van der Waals surface area contributed by atoms with Crippen LogP contribution in [0.4, 0.5) is 34.1 Å². The van der Waals surface area contributed by atoms with Gasteiger partial charge >= 0.3 is 0 Å². The SMILES string of the molecule is C1=Cc2ccccc2N(c2ccc3c(-c4ccccc4-c4cccc5ccccc45)c4cc(N5c6ccccc6C=Cc6ccccc65)ccc4c(-c4ccc5ccccc5c4)c3c2)c2ccccc21. The van der Waals surface area contributed by atoms with Gasteiger partial charge in [0, 0.05) is 11.4 Å². The fourth-order valence-corrected chi connectivity index (χ4v) is 11.3. The molecule has 0 N–H and O–H groups in total. The van der Waals surface area contributed by atoms with Gasteiger partial charge in [-0.3, -0.25) is 0 Å². The Morgan fingerprint density at radius 3 is 1.24 bits per heavy atom. The molecule has 0 amide bonds. The number of hydrogen-bond acceptors (Lipinski definition) is 2. The molecule has 0 bridgehead atoms. The average molecular weight is 889 g/mol. The Balaban J connectivity index is 1.13. The van der Waals surface area contributed by atoms with Crippen molar-refractivity contribution in [1.29, 1.82) is 0 Å². The second kappa shape index (κ2) is 16.2. The van der Waals surface area contributed by atoms with Crippen LogP contribution < -0.4 is 9.80 Å². The lowest BCUT2D eigenvalue weighted by Gasteiger charge is -2.29. The third-order valence-corrected chi connectivity index (χ3v) is 14.5. The van der Waals surface area contributed by atoms with Crippen LogP contribution >= 0.6 is 0 Å². The molecule has 0 saturated heterocycles. The average Bonchev–Trinajstić information content (AvgIpc) is 3.70. The molecule has 0 saturated carbocycles. The van der Waals surface area contributed by atoms with Gasteiger partial charge < -0.3 is 9.80 Å². The van der Waals surface area contributed by atoms with E-state index in [9.17, 15) is 0 Å². The minimum Gasteiger partial charge on any atom is -0.309 e. The maximum Gasteiger partial charge on any atom is 0.0534 e. The highest BCUT2D eigenvalue weighted by Gasteiger charge is 2.26. The molecule has 2 aliphatic heterocycles. The second-order valence-electron chi connectivity index (χ2n) is 18.4. The predicted octanol–water partition coefficient (Wildman–Crippen LogP) is 19.2. The van der Waals surface area contributed by atoms with Gasteiger partial charge in [-0.2, -0.15) is 0 Å². The fraction of sp³-hybridized carbons (Fsp3) is 0. The number of hydrogen-bond donors (Lipinski definition) is 0. The van der Waals surface area contributed by atoms with Crippen molar-refractivity contribution < 1.29 is 0 Å².